The summed E-state index contributed by atoms with van der Waals surface area (Å²) in [5, 5.41) is 17.5. The first-order chi connectivity index (χ1) is 7.81. The van der Waals surface area contributed by atoms with Gasteiger partial charge in [-0.15, -0.1) is 0 Å². The van der Waals surface area contributed by atoms with Gasteiger partial charge in [0.2, 0.25) is 0 Å². The van der Waals surface area contributed by atoms with Crippen molar-refractivity contribution in [3.63, 3.8) is 0 Å². The van der Waals surface area contributed by atoms with Crippen LogP contribution in [0.2, 0.25) is 0 Å². The Hall–Kier alpha value is -2.79. The lowest BCUT2D eigenvalue weighted by Gasteiger charge is -2.01. The van der Waals surface area contributed by atoms with Crippen LogP contribution in [0, 0.1) is 29.1 Å². The number of nitrogens with zero attached hydrogens (tertiary/aromatic N) is 3. The Morgan fingerprint density at radius 3 is 2.38 bits per heavy atom. The van der Waals surface area contributed by atoms with E-state index in [1.165, 1.54) is 24.4 Å². The monoisotopic (exact) mass is 210 g/mol. The van der Waals surface area contributed by atoms with Crippen molar-refractivity contribution >= 4 is 0 Å². The third kappa shape index (κ3) is 1.99. The van der Waals surface area contributed by atoms with Crippen LogP contribution in [0.1, 0.15) is 11.1 Å². The Bertz CT molecular complexity index is 544. The van der Waals surface area contributed by atoms with Crippen molar-refractivity contribution in [3.8, 4) is 23.8 Å². The summed E-state index contributed by atoms with van der Waals surface area (Å²) in [4.78, 5) is 3.56. The van der Waals surface area contributed by atoms with E-state index in [1.807, 2.05) is 12.1 Å². The van der Waals surface area contributed by atoms with Gasteiger partial charge in [0.1, 0.15) is 11.9 Å². The minimum atomic E-state index is 0.152. The smallest absolute Gasteiger partial charge is 0.311 e. The maximum Gasteiger partial charge on any atom is 0.311 e. The van der Waals surface area contributed by atoms with E-state index in [9.17, 15) is 0 Å². The summed E-state index contributed by atoms with van der Waals surface area (Å²) in [6.45, 7) is 0. The summed E-state index contributed by atoms with van der Waals surface area (Å²) in [6, 6.07) is 8.35. The minimum Gasteiger partial charge on any atom is -0.425 e. The number of aromatic nitrogens is 1. The molecule has 1 heterocycles. The highest BCUT2D eigenvalue weighted by molar-refractivity contribution is 5.46. The molecule has 75 valence electrons. The van der Waals surface area contributed by atoms with E-state index in [1.54, 1.807) is 0 Å². The van der Waals surface area contributed by atoms with Crippen LogP contribution in [-0.4, -0.2) is 4.98 Å². The maximum absolute atomic E-state index is 8.75. The summed E-state index contributed by atoms with van der Waals surface area (Å²) in [7, 11) is 0. The molecule has 1 aromatic carbocycles. The minimum absolute atomic E-state index is 0.152. The molecular weight excluding hydrogens is 206 g/mol. The molecule has 0 N–H and O–H groups in total. The summed E-state index contributed by atoms with van der Waals surface area (Å²) in [5.41, 5.74) is 0.690. The first-order valence-corrected chi connectivity index (χ1v) is 4.27. The van der Waals surface area contributed by atoms with Crippen molar-refractivity contribution in [1.82, 2.24) is 4.98 Å². The van der Waals surface area contributed by atoms with E-state index < -0.39 is 0 Å². The third-order valence-electron chi connectivity index (χ3n) is 1.75. The zero-order valence-electron chi connectivity index (χ0n) is 7.97. The van der Waals surface area contributed by atoms with Gasteiger partial charge in [-0.3, -0.25) is 0 Å². The summed E-state index contributed by atoms with van der Waals surface area (Å²) in [6.07, 6.45) is 3.57. The van der Waals surface area contributed by atoms with Crippen LogP contribution in [0.3, 0.4) is 0 Å². The lowest BCUT2D eigenvalue weighted by molar-refractivity contribution is 0.343. The van der Waals surface area contributed by atoms with Gasteiger partial charge in [-0.1, -0.05) is 0 Å². The number of ether oxygens (including phenoxy) is 1. The molecule has 5 heteroatoms. The predicted molar refractivity (Wildman–Crippen MR) is 51.3 cm³/mol. The summed E-state index contributed by atoms with van der Waals surface area (Å²) < 4.78 is 10.0. The van der Waals surface area contributed by atoms with Gasteiger partial charge in [-0.2, -0.15) is 10.5 Å². The number of hydrogen-bond acceptors (Lipinski definition) is 5. The van der Waals surface area contributed by atoms with Gasteiger partial charge in [0, 0.05) is 0 Å². The topological polar surface area (TPSA) is 82.8 Å². The molecule has 0 aliphatic heterocycles. The van der Waals surface area contributed by atoms with Crippen LogP contribution in [0.5, 0.6) is 11.7 Å². The largest absolute Gasteiger partial charge is 0.425 e. The number of oxazole rings is 1. The molecule has 0 fully saturated rings. The van der Waals surface area contributed by atoms with Crippen LogP contribution >= 0.6 is 0 Å². The fourth-order valence-corrected chi connectivity index (χ4v) is 1.13. The Morgan fingerprint density at radius 1 is 1.19 bits per heavy atom. The van der Waals surface area contributed by atoms with Crippen LogP contribution in [0.15, 0.2) is 28.8 Å². The highest BCUT2D eigenvalue weighted by Crippen LogP contribution is 2.22. The van der Waals surface area contributed by atoms with Crippen molar-refractivity contribution in [2.24, 2.45) is 0 Å². The second-order valence-corrected chi connectivity index (χ2v) is 2.84. The number of rotatable bonds is 2. The van der Waals surface area contributed by atoms with E-state index in [-0.39, 0.29) is 5.95 Å². The molecule has 0 aliphatic rings. The van der Waals surface area contributed by atoms with Crippen molar-refractivity contribution in [1.29, 1.82) is 10.5 Å². The normalized spacial score (nSPS) is 9.12. The van der Waals surface area contributed by atoms with Gasteiger partial charge in [0.25, 0.3) is 6.39 Å². The quantitative estimate of drug-likeness (QED) is 0.756. The van der Waals surface area contributed by atoms with E-state index in [4.69, 9.17) is 19.7 Å². The lowest BCUT2D eigenvalue weighted by Crippen LogP contribution is -1.86. The Kier molecular flexibility index (Phi) is 2.53. The summed E-state index contributed by atoms with van der Waals surface area (Å²) in [5.74, 6) is 0.500. The second-order valence-electron chi connectivity index (χ2n) is 2.84. The Labute approximate surface area is 91.1 Å². The molecule has 0 unspecified atom stereocenters. The van der Waals surface area contributed by atoms with Crippen molar-refractivity contribution in [2.75, 3.05) is 0 Å². The molecule has 0 aliphatic carbocycles. The van der Waals surface area contributed by atoms with Gasteiger partial charge >= 0.3 is 5.95 Å². The molecule has 1 radical (unpaired) electrons. The van der Waals surface area contributed by atoms with Crippen molar-refractivity contribution in [3.05, 3.63) is 41.9 Å². The highest BCUT2D eigenvalue weighted by Gasteiger charge is 2.04. The third-order valence-corrected chi connectivity index (χ3v) is 1.75. The lowest BCUT2D eigenvalue weighted by atomic mass is 10.1. The molecule has 0 saturated carbocycles. The molecular formula is C11H4N3O2. The fourth-order valence-electron chi connectivity index (χ4n) is 1.13. The van der Waals surface area contributed by atoms with Crippen LogP contribution in [0.25, 0.3) is 0 Å². The van der Waals surface area contributed by atoms with Crippen LogP contribution < -0.4 is 4.74 Å². The first kappa shape index (κ1) is 9.75. The average Bonchev–Trinajstić information content (AvgIpc) is 2.81. The van der Waals surface area contributed by atoms with Crippen LogP contribution in [0.4, 0.5) is 0 Å². The predicted octanol–water partition coefficient (Wildman–Crippen LogP) is 2.01. The molecule has 0 amide bonds. The molecule has 16 heavy (non-hydrogen) atoms. The van der Waals surface area contributed by atoms with Gasteiger partial charge in [0.05, 0.1) is 23.3 Å². The standard InChI is InChI=1S/C11H4N3O2/c12-4-8-1-9(5-13)3-10(2-8)16-11-6-14-7-15-11/h1-3,6H. The zero-order valence-corrected chi connectivity index (χ0v) is 7.97. The fraction of sp³-hybridized carbons (Fsp3) is 0. The Balaban J connectivity index is 2.35. The molecule has 5 nitrogen and oxygen atoms in total. The van der Waals surface area contributed by atoms with E-state index >= 15 is 0 Å². The molecule has 0 spiro atoms. The molecule has 2 aromatic rings. The first-order valence-electron chi connectivity index (χ1n) is 4.27. The molecule has 0 atom stereocenters. The number of hydrogen-bond donors (Lipinski definition) is 0. The zero-order chi connectivity index (χ0) is 11.4. The summed E-state index contributed by atoms with van der Waals surface area (Å²) >= 11 is 0. The Morgan fingerprint density at radius 2 is 1.88 bits per heavy atom. The van der Waals surface area contributed by atoms with Crippen LogP contribution in [-0.2, 0) is 0 Å². The molecule has 1 aromatic heterocycles. The second kappa shape index (κ2) is 4.16. The van der Waals surface area contributed by atoms with Gasteiger partial charge < -0.3 is 9.15 Å². The maximum atomic E-state index is 8.75. The molecule has 0 saturated heterocycles. The van der Waals surface area contributed by atoms with E-state index in [0.717, 1.165) is 0 Å². The highest BCUT2D eigenvalue weighted by atomic mass is 16.6. The SMILES string of the molecule is N#Cc1cc(C#N)cc(Oc2cn[c]o2)c1. The van der Waals surface area contributed by atoms with Gasteiger partial charge in [-0.05, 0) is 18.2 Å². The average molecular weight is 210 g/mol. The van der Waals surface area contributed by atoms with Crippen molar-refractivity contribution < 1.29 is 9.15 Å². The van der Waals surface area contributed by atoms with Gasteiger partial charge in [-0.25, -0.2) is 4.98 Å². The molecule has 0 bridgehead atoms. The van der Waals surface area contributed by atoms with E-state index in [2.05, 4.69) is 11.4 Å². The van der Waals surface area contributed by atoms with Gasteiger partial charge in [0.15, 0.2) is 0 Å². The van der Waals surface area contributed by atoms with Crippen molar-refractivity contribution in [2.45, 2.75) is 0 Å². The number of nitriles is 2. The molecule has 2 rings (SSSR count). The van der Waals surface area contributed by atoms with E-state index in [0.29, 0.717) is 16.9 Å². The number of benzene rings is 1.